The summed E-state index contributed by atoms with van der Waals surface area (Å²) in [4.78, 5) is 10.5. The van der Waals surface area contributed by atoms with Crippen LogP contribution in [0.5, 0.6) is 23.1 Å². The summed E-state index contributed by atoms with van der Waals surface area (Å²) in [5.41, 5.74) is 1.66. The van der Waals surface area contributed by atoms with Gasteiger partial charge in [-0.3, -0.25) is 0 Å². The number of ether oxygens (including phenoxy) is 2. The van der Waals surface area contributed by atoms with Crippen LogP contribution in [-0.4, -0.2) is 32.5 Å². The first-order valence-corrected chi connectivity index (χ1v) is 9.77. The first-order valence-electron chi connectivity index (χ1n) is 9.77. The summed E-state index contributed by atoms with van der Waals surface area (Å²) in [6.45, 7) is 1.44. The van der Waals surface area contributed by atoms with Crippen LogP contribution in [0.15, 0.2) is 73.2 Å². The summed E-state index contributed by atoms with van der Waals surface area (Å²) in [5.74, 6) is 2.67. The first-order chi connectivity index (χ1) is 14.8. The van der Waals surface area contributed by atoms with Gasteiger partial charge in [0.05, 0.1) is 11.6 Å². The minimum Gasteiger partial charge on any atom is -0.457 e. The molecule has 148 valence electrons. The molecule has 1 aliphatic heterocycles. The summed E-state index contributed by atoms with van der Waals surface area (Å²) in [6.07, 6.45) is 6.63. The Kier molecular flexibility index (Phi) is 4.66. The third-order valence-corrected chi connectivity index (χ3v) is 5.18. The van der Waals surface area contributed by atoms with E-state index in [-0.39, 0.29) is 6.04 Å². The van der Waals surface area contributed by atoms with E-state index in [1.54, 1.807) is 4.90 Å². The van der Waals surface area contributed by atoms with Crippen LogP contribution in [0.3, 0.4) is 0 Å². The highest BCUT2D eigenvalue weighted by molar-refractivity contribution is 5.81. The van der Waals surface area contributed by atoms with Gasteiger partial charge in [-0.1, -0.05) is 18.2 Å². The van der Waals surface area contributed by atoms with Gasteiger partial charge >= 0.3 is 0 Å². The second-order valence-electron chi connectivity index (χ2n) is 7.11. The predicted octanol–water partition coefficient (Wildman–Crippen LogP) is 4.74. The monoisotopic (exact) mass is 397 g/mol. The molecule has 2 aromatic heterocycles. The van der Waals surface area contributed by atoms with Gasteiger partial charge in [0.25, 0.3) is 0 Å². The standard InChI is InChI=1S/C23H19N5O2/c24-15-27-12-10-17(14-27)28-13-11-21-22(28)23(26-16-25-21)30-20-8-6-19(7-9-20)29-18-4-2-1-3-5-18/h1-9,11,13,16-17H,10,12,14H2. The summed E-state index contributed by atoms with van der Waals surface area (Å²) in [5, 5.41) is 9.17. The van der Waals surface area contributed by atoms with Gasteiger partial charge in [-0.15, -0.1) is 0 Å². The quantitative estimate of drug-likeness (QED) is 0.453. The highest BCUT2D eigenvalue weighted by Crippen LogP contribution is 2.33. The molecule has 0 N–H and O–H groups in total. The minimum absolute atomic E-state index is 0.192. The number of hydrogen-bond donors (Lipinski definition) is 0. The molecule has 0 aliphatic carbocycles. The Morgan fingerprint density at radius 1 is 0.900 bits per heavy atom. The van der Waals surface area contributed by atoms with Gasteiger partial charge in [0.15, 0.2) is 6.19 Å². The lowest BCUT2D eigenvalue weighted by molar-refractivity contribution is 0.441. The molecule has 1 unspecified atom stereocenters. The second-order valence-corrected chi connectivity index (χ2v) is 7.11. The molecule has 1 fully saturated rings. The summed E-state index contributed by atoms with van der Waals surface area (Å²) >= 11 is 0. The summed E-state index contributed by atoms with van der Waals surface area (Å²) in [6, 6.07) is 19.2. The molecule has 2 aromatic carbocycles. The van der Waals surface area contributed by atoms with E-state index in [1.807, 2.05) is 66.9 Å². The molecule has 4 aromatic rings. The number of likely N-dealkylation sites (tertiary alicyclic amines) is 1. The molecule has 1 atom stereocenters. The van der Waals surface area contributed by atoms with E-state index in [0.717, 1.165) is 35.5 Å². The third-order valence-electron chi connectivity index (χ3n) is 5.18. The molecule has 3 heterocycles. The number of benzene rings is 2. The molecule has 1 aliphatic rings. The topological polar surface area (TPSA) is 76.2 Å². The molecule has 1 saturated heterocycles. The second kappa shape index (κ2) is 7.76. The number of nitrogens with zero attached hydrogens (tertiary/aromatic N) is 5. The molecule has 0 radical (unpaired) electrons. The fourth-order valence-electron chi connectivity index (χ4n) is 3.72. The SMILES string of the molecule is N#CN1CCC(n2ccc3ncnc(Oc4ccc(Oc5ccccc5)cc4)c32)C1. The largest absolute Gasteiger partial charge is 0.457 e. The van der Waals surface area contributed by atoms with Crippen LogP contribution in [-0.2, 0) is 0 Å². The van der Waals surface area contributed by atoms with Gasteiger partial charge in [-0.05, 0) is 48.9 Å². The average molecular weight is 397 g/mol. The van der Waals surface area contributed by atoms with E-state index in [4.69, 9.17) is 14.7 Å². The van der Waals surface area contributed by atoms with Crippen LogP contribution >= 0.6 is 0 Å². The van der Waals surface area contributed by atoms with E-state index in [9.17, 15) is 0 Å². The van der Waals surface area contributed by atoms with Crippen molar-refractivity contribution in [3.63, 3.8) is 0 Å². The van der Waals surface area contributed by atoms with Gasteiger partial charge in [0.2, 0.25) is 5.88 Å². The lowest BCUT2D eigenvalue weighted by Gasteiger charge is -2.15. The number of hydrogen-bond acceptors (Lipinski definition) is 6. The minimum atomic E-state index is 0.192. The summed E-state index contributed by atoms with van der Waals surface area (Å²) in [7, 11) is 0. The zero-order chi connectivity index (χ0) is 20.3. The maximum Gasteiger partial charge on any atom is 0.247 e. The van der Waals surface area contributed by atoms with Gasteiger partial charge in [0, 0.05) is 19.3 Å². The van der Waals surface area contributed by atoms with Crippen LogP contribution in [0.4, 0.5) is 0 Å². The van der Waals surface area contributed by atoms with Crippen molar-refractivity contribution in [2.75, 3.05) is 13.1 Å². The normalized spacial score (nSPS) is 15.8. The Morgan fingerprint density at radius 3 is 2.37 bits per heavy atom. The molecule has 30 heavy (non-hydrogen) atoms. The lowest BCUT2D eigenvalue weighted by atomic mass is 10.2. The highest BCUT2D eigenvalue weighted by Gasteiger charge is 2.25. The van der Waals surface area contributed by atoms with Crippen LogP contribution < -0.4 is 9.47 Å². The highest BCUT2D eigenvalue weighted by atomic mass is 16.5. The zero-order valence-corrected chi connectivity index (χ0v) is 16.2. The van der Waals surface area contributed by atoms with Crippen molar-refractivity contribution in [1.29, 1.82) is 5.26 Å². The van der Waals surface area contributed by atoms with E-state index in [1.165, 1.54) is 6.33 Å². The number of rotatable bonds is 5. The molecule has 0 spiro atoms. The van der Waals surface area contributed by atoms with E-state index >= 15 is 0 Å². The smallest absolute Gasteiger partial charge is 0.247 e. The zero-order valence-electron chi connectivity index (χ0n) is 16.2. The van der Waals surface area contributed by atoms with Crippen molar-refractivity contribution in [2.24, 2.45) is 0 Å². The maximum absolute atomic E-state index is 9.17. The predicted molar refractivity (Wildman–Crippen MR) is 111 cm³/mol. The van der Waals surface area contributed by atoms with Crippen molar-refractivity contribution >= 4 is 11.0 Å². The number of nitriles is 1. The number of aromatic nitrogens is 3. The fraction of sp³-hybridized carbons (Fsp3) is 0.174. The van der Waals surface area contributed by atoms with E-state index < -0.39 is 0 Å². The van der Waals surface area contributed by atoms with E-state index in [0.29, 0.717) is 18.2 Å². The van der Waals surface area contributed by atoms with Crippen molar-refractivity contribution in [3.8, 4) is 29.3 Å². The Balaban J connectivity index is 1.39. The van der Waals surface area contributed by atoms with Gasteiger partial charge < -0.3 is 18.9 Å². The molecule has 7 heteroatoms. The van der Waals surface area contributed by atoms with E-state index in [2.05, 4.69) is 20.7 Å². The molecule has 0 saturated carbocycles. The molecule has 0 bridgehead atoms. The fourth-order valence-corrected chi connectivity index (χ4v) is 3.72. The number of para-hydroxylation sites is 1. The first kappa shape index (κ1) is 18.0. The van der Waals surface area contributed by atoms with Gasteiger partial charge in [-0.2, -0.15) is 10.2 Å². The maximum atomic E-state index is 9.17. The van der Waals surface area contributed by atoms with Gasteiger partial charge in [-0.25, -0.2) is 4.98 Å². The molecular formula is C23H19N5O2. The van der Waals surface area contributed by atoms with Crippen LogP contribution in [0.2, 0.25) is 0 Å². The van der Waals surface area contributed by atoms with Crippen LogP contribution in [0.1, 0.15) is 12.5 Å². The van der Waals surface area contributed by atoms with Crippen LogP contribution in [0.25, 0.3) is 11.0 Å². The molecule has 5 rings (SSSR count). The third kappa shape index (κ3) is 3.51. The molecule has 7 nitrogen and oxygen atoms in total. The van der Waals surface area contributed by atoms with Crippen molar-refractivity contribution in [3.05, 3.63) is 73.2 Å². The lowest BCUT2D eigenvalue weighted by Crippen LogP contribution is -2.15. The Labute approximate surface area is 173 Å². The Morgan fingerprint density at radius 2 is 1.63 bits per heavy atom. The van der Waals surface area contributed by atoms with Gasteiger partial charge in [0.1, 0.15) is 29.1 Å². The average Bonchev–Trinajstić information content (AvgIpc) is 3.43. The number of fused-ring (bicyclic) bond motifs is 1. The molecule has 0 amide bonds. The van der Waals surface area contributed by atoms with Crippen molar-refractivity contribution in [1.82, 2.24) is 19.4 Å². The van der Waals surface area contributed by atoms with Crippen LogP contribution in [0, 0.1) is 11.5 Å². The van der Waals surface area contributed by atoms with Crippen molar-refractivity contribution in [2.45, 2.75) is 12.5 Å². The van der Waals surface area contributed by atoms with Crippen molar-refractivity contribution < 1.29 is 9.47 Å². The Hall–Kier alpha value is -4.05. The summed E-state index contributed by atoms with van der Waals surface area (Å²) < 4.78 is 14.1. The molecular weight excluding hydrogens is 378 g/mol. The Bertz CT molecular complexity index is 1200.